The maximum Gasteiger partial charge on any atom is 0.0579 e. The molecule has 2 heterocycles. The monoisotopic (exact) mass is 287 g/mol. The van der Waals surface area contributed by atoms with Gasteiger partial charge in [0.15, 0.2) is 0 Å². The Bertz CT molecular complexity index is 520. The first kappa shape index (κ1) is 14.8. The molecule has 3 heteroatoms. The maximum atomic E-state index is 9.54. The van der Waals surface area contributed by atoms with Crippen LogP contribution in [-0.4, -0.2) is 49.5 Å². The lowest BCUT2D eigenvalue weighted by atomic mass is 9.85. The van der Waals surface area contributed by atoms with Crippen molar-refractivity contribution in [3.05, 3.63) is 41.0 Å². The van der Waals surface area contributed by atoms with E-state index in [0.717, 1.165) is 26.1 Å². The predicted octanol–water partition coefficient (Wildman–Crippen LogP) is 2.40. The number of aryl methyl sites for hydroxylation is 2. The molecule has 1 fully saturated rings. The second-order valence-electron chi connectivity index (χ2n) is 6.74. The average Bonchev–Trinajstić information content (AvgIpc) is 2.42. The predicted molar refractivity (Wildman–Crippen MR) is 85.3 cm³/mol. The third-order valence-electron chi connectivity index (χ3n) is 4.60. The highest BCUT2D eigenvalue weighted by Gasteiger charge is 2.39. The minimum atomic E-state index is -0.00866. The fourth-order valence-corrected chi connectivity index (χ4v) is 3.37. The van der Waals surface area contributed by atoms with Gasteiger partial charge in [-0.15, -0.1) is 0 Å². The third kappa shape index (κ3) is 3.20. The largest absolute Gasteiger partial charge is 0.396 e. The molecule has 2 aliphatic rings. The zero-order valence-corrected chi connectivity index (χ0v) is 13.1. The Kier molecular flexibility index (Phi) is 4.16. The molecule has 3 nitrogen and oxygen atoms in total. The van der Waals surface area contributed by atoms with E-state index in [2.05, 4.69) is 43.0 Å². The minimum absolute atomic E-state index is 0.00866. The molecule has 0 saturated carbocycles. The number of rotatable bonds is 4. The Labute approximate surface area is 127 Å². The topological polar surface area (TPSA) is 32.7 Å². The second-order valence-corrected chi connectivity index (χ2v) is 6.74. The number of nitrogens with zero attached hydrogens (tertiary/aromatic N) is 1. The number of aliphatic hydroxyl groups excluding tert-OH is 1. The van der Waals surface area contributed by atoms with Crippen LogP contribution in [-0.2, 0) is 4.74 Å². The van der Waals surface area contributed by atoms with E-state index in [1.807, 2.05) is 0 Å². The summed E-state index contributed by atoms with van der Waals surface area (Å²) in [6, 6.07) is 6.79. The van der Waals surface area contributed by atoms with Gasteiger partial charge in [-0.2, -0.15) is 0 Å². The Hall–Kier alpha value is -1.16. The highest BCUT2D eigenvalue weighted by atomic mass is 16.5. The molecular weight excluding hydrogens is 262 g/mol. The molecule has 0 bridgehead atoms. The van der Waals surface area contributed by atoms with Crippen LogP contribution in [0.5, 0.6) is 0 Å². The van der Waals surface area contributed by atoms with Gasteiger partial charge < -0.3 is 9.84 Å². The molecule has 21 heavy (non-hydrogen) atoms. The van der Waals surface area contributed by atoms with Crippen molar-refractivity contribution in [1.82, 2.24) is 4.90 Å². The molecule has 0 radical (unpaired) electrons. The smallest absolute Gasteiger partial charge is 0.0579 e. The summed E-state index contributed by atoms with van der Waals surface area (Å²) in [6.07, 6.45) is 3.44. The van der Waals surface area contributed by atoms with Crippen LogP contribution in [0.15, 0.2) is 24.3 Å². The molecule has 0 unspecified atom stereocenters. The lowest BCUT2D eigenvalue weighted by Crippen LogP contribution is -2.53. The molecule has 2 aliphatic heterocycles. The van der Waals surface area contributed by atoms with Crippen LogP contribution in [0.4, 0.5) is 0 Å². The summed E-state index contributed by atoms with van der Waals surface area (Å²) in [7, 11) is 0. The number of benzene rings is 1. The van der Waals surface area contributed by atoms with Gasteiger partial charge in [-0.3, -0.25) is 4.90 Å². The second kappa shape index (κ2) is 5.91. The highest BCUT2D eigenvalue weighted by Crippen LogP contribution is 2.30. The van der Waals surface area contributed by atoms with Crippen molar-refractivity contribution in [2.45, 2.75) is 20.3 Å². The SMILES string of the molecule is Cc1cc(C)cc(C2=CCN(CC3(CO)COC3)CC2)c1. The lowest BCUT2D eigenvalue weighted by Gasteiger charge is -2.43. The first-order valence-corrected chi connectivity index (χ1v) is 7.79. The molecule has 3 rings (SSSR count). The van der Waals surface area contributed by atoms with Crippen molar-refractivity contribution >= 4 is 5.57 Å². The fourth-order valence-electron chi connectivity index (χ4n) is 3.37. The number of hydrogen-bond donors (Lipinski definition) is 1. The van der Waals surface area contributed by atoms with Gasteiger partial charge in [-0.25, -0.2) is 0 Å². The van der Waals surface area contributed by atoms with Gasteiger partial charge in [0.05, 0.1) is 25.2 Å². The summed E-state index contributed by atoms with van der Waals surface area (Å²) in [5.41, 5.74) is 5.49. The molecule has 0 atom stereocenters. The fraction of sp³-hybridized carbons (Fsp3) is 0.556. The molecule has 0 aromatic heterocycles. The number of hydrogen-bond acceptors (Lipinski definition) is 3. The minimum Gasteiger partial charge on any atom is -0.396 e. The van der Waals surface area contributed by atoms with Crippen LogP contribution in [0.2, 0.25) is 0 Å². The molecular formula is C18H25NO2. The molecule has 1 aromatic rings. The quantitative estimate of drug-likeness (QED) is 0.923. The Morgan fingerprint density at radius 3 is 2.38 bits per heavy atom. The van der Waals surface area contributed by atoms with Crippen molar-refractivity contribution in [3.8, 4) is 0 Å². The van der Waals surface area contributed by atoms with E-state index in [-0.39, 0.29) is 12.0 Å². The molecule has 0 amide bonds. The summed E-state index contributed by atoms with van der Waals surface area (Å²) in [4.78, 5) is 2.44. The van der Waals surface area contributed by atoms with Gasteiger partial charge in [-0.05, 0) is 31.4 Å². The van der Waals surface area contributed by atoms with Crippen molar-refractivity contribution in [2.24, 2.45) is 5.41 Å². The van der Waals surface area contributed by atoms with E-state index in [1.54, 1.807) is 0 Å². The van der Waals surface area contributed by atoms with Crippen LogP contribution in [0, 0.1) is 19.3 Å². The number of ether oxygens (including phenoxy) is 1. The van der Waals surface area contributed by atoms with Crippen LogP contribution >= 0.6 is 0 Å². The summed E-state index contributed by atoms with van der Waals surface area (Å²) in [5, 5.41) is 9.54. The molecule has 1 aromatic carbocycles. The van der Waals surface area contributed by atoms with Crippen LogP contribution in [0.25, 0.3) is 5.57 Å². The molecule has 1 saturated heterocycles. The summed E-state index contributed by atoms with van der Waals surface area (Å²) >= 11 is 0. The van der Waals surface area contributed by atoms with Crippen molar-refractivity contribution < 1.29 is 9.84 Å². The van der Waals surface area contributed by atoms with Crippen LogP contribution in [0.3, 0.4) is 0 Å². The summed E-state index contributed by atoms with van der Waals surface area (Å²) in [6.45, 7) is 8.95. The maximum absolute atomic E-state index is 9.54. The first-order chi connectivity index (χ1) is 10.1. The van der Waals surface area contributed by atoms with Gasteiger partial charge in [0.1, 0.15) is 0 Å². The first-order valence-electron chi connectivity index (χ1n) is 7.79. The Morgan fingerprint density at radius 1 is 1.19 bits per heavy atom. The number of aliphatic hydroxyl groups is 1. The lowest BCUT2D eigenvalue weighted by molar-refractivity contribution is -0.147. The van der Waals surface area contributed by atoms with Crippen molar-refractivity contribution in [2.75, 3.05) is 39.5 Å². The van der Waals surface area contributed by atoms with Gasteiger partial charge in [-0.1, -0.05) is 35.4 Å². The average molecular weight is 287 g/mol. The van der Waals surface area contributed by atoms with E-state index < -0.39 is 0 Å². The van der Waals surface area contributed by atoms with E-state index >= 15 is 0 Å². The van der Waals surface area contributed by atoms with Gasteiger partial charge in [0.2, 0.25) is 0 Å². The van der Waals surface area contributed by atoms with Crippen molar-refractivity contribution in [3.63, 3.8) is 0 Å². The van der Waals surface area contributed by atoms with Gasteiger partial charge in [0, 0.05) is 19.6 Å². The summed E-state index contributed by atoms with van der Waals surface area (Å²) < 4.78 is 5.29. The summed E-state index contributed by atoms with van der Waals surface area (Å²) in [5.74, 6) is 0. The normalized spacial score (nSPS) is 21.8. The van der Waals surface area contributed by atoms with Gasteiger partial charge >= 0.3 is 0 Å². The van der Waals surface area contributed by atoms with Crippen LogP contribution in [0.1, 0.15) is 23.1 Å². The Balaban J connectivity index is 1.66. The van der Waals surface area contributed by atoms with E-state index in [1.165, 1.54) is 22.3 Å². The zero-order chi connectivity index (χ0) is 14.9. The standard InChI is InChI=1S/C18H25NO2/c1-14-7-15(2)9-17(8-14)16-3-5-19(6-4-16)10-18(11-20)12-21-13-18/h3,7-9,20H,4-6,10-13H2,1-2H3. The molecule has 114 valence electrons. The zero-order valence-electron chi connectivity index (χ0n) is 13.1. The Morgan fingerprint density at radius 2 is 1.90 bits per heavy atom. The highest BCUT2D eigenvalue weighted by molar-refractivity contribution is 5.67. The molecule has 1 N–H and O–H groups in total. The van der Waals surface area contributed by atoms with Gasteiger partial charge in [0.25, 0.3) is 0 Å². The third-order valence-corrected chi connectivity index (χ3v) is 4.60. The molecule has 0 spiro atoms. The van der Waals surface area contributed by atoms with E-state index in [0.29, 0.717) is 13.2 Å². The van der Waals surface area contributed by atoms with Crippen molar-refractivity contribution in [1.29, 1.82) is 0 Å². The van der Waals surface area contributed by atoms with E-state index in [4.69, 9.17) is 4.74 Å². The van der Waals surface area contributed by atoms with Crippen LogP contribution < -0.4 is 0 Å². The van der Waals surface area contributed by atoms with E-state index in [9.17, 15) is 5.11 Å². The molecule has 0 aliphatic carbocycles.